The quantitative estimate of drug-likeness (QED) is 0.719. The Morgan fingerprint density at radius 2 is 2.22 bits per heavy atom. The Kier molecular flexibility index (Phi) is 5.24. The van der Waals surface area contributed by atoms with Gasteiger partial charge in [0.05, 0.1) is 13.2 Å². The minimum Gasteiger partial charge on any atom is -0.381 e. The molecule has 0 radical (unpaired) electrons. The summed E-state index contributed by atoms with van der Waals surface area (Å²) in [6.07, 6.45) is 1.11. The molecule has 100 valence electrons. The molecule has 0 bridgehead atoms. The van der Waals surface area contributed by atoms with Gasteiger partial charge in [0.2, 0.25) is 0 Å². The molecule has 4 heteroatoms. The van der Waals surface area contributed by atoms with Gasteiger partial charge in [-0.3, -0.25) is 0 Å². The molecule has 1 fully saturated rings. The van der Waals surface area contributed by atoms with Crippen LogP contribution in [0, 0.1) is 5.92 Å². The average molecular weight is 378 g/mol. The normalized spacial score (nSPS) is 22.9. The van der Waals surface area contributed by atoms with Gasteiger partial charge < -0.3 is 9.47 Å². The third-order valence-corrected chi connectivity index (χ3v) is 5.12. The summed E-state index contributed by atoms with van der Waals surface area (Å²) >= 11 is 7.18. The maximum Gasteiger partial charge on any atom is 0.101 e. The summed E-state index contributed by atoms with van der Waals surface area (Å²) in [4.78, 5) is 0. The van der Waals surface area contributed by atoms with Gasteiger partial charge in [0.25, 0.3) is 0 Å². The van der Waals surface area contributed by atoms with Gasteiger partial charge in [-0.25, -0.2) is 0 Å². The summed E-state index contributed by atoms with van der Waals surface area (Å²) in [6, 6.07) is 8.23. The first-order valence-corrected chi connectivity index (χ1v) is 8.10. The monoisotopic (exact) mass is 376 g/mol. The Bertz CT molecular complexity index is 391. The Labute approximate surface area is 125 Å². The van der Waals surface area contributed by atoms with Crippen LogP contribution in [0.3, 0.4) is 0 Å². The summed E-state index contributed by atoms with van der Waals surface area (Å²) in [5.74, 6) is 0.533. The number of alkyl halides is 1. The molecule has 0 amide bonds. The molecule has 0 saturated carbocycles. The summed E-state index contributed by atoms with van der Waals surface area (Å²) in [5.41, 5.74) is 0.878. The fraction of sp³-hybridized carbons (Fsp3) is 0.571. The SMILES string of the molecule is CC(CBr)(OCC1CCOC1)c1ccccc1Br. The molecule has 0 N–H and O–H groups in total. The zero-order valence-corrected chi connectivity index (χ0v) is 13.7. The first kappa shape index (κ1) is 14.5. The zero-order chi connectivity index (χ0) is 13.0. The van der Waals surface area contributed by atoms with Crippen molar-refractivity contribution in [1.82, 2.24) is 0 Å². The second-order valence-electron chi connectivity index (χ2n) is 4.88. The highest BCUT2D eigenvalue weighted by molar-refractivity contribution is 9.10. The van der Waals surface area contributed by atoms with Crippen molar-refractivity contribution in [1.29, 1.82) is 0 Å². The van der Waals surface area contributed by atoms with Crippen molar-refractivity contribution in [3.8, 4) is 0 Å². The number of hydrogen-bond acceptors (Lipinski definition) is 2. The molecule has 1 saturated heterocycles. The van der Waals surface area contributed by atoms with Crippen LogP contribution in [-0.2, 0) is 15.1 Å². The van der Waals surface area contributed by atoms with E-state index in [2.05, 4.69) is 50.9 Å². The predicted octanol–water partition coefficient (Wildman–Crippen LogP) is 4.11. The number of ether oxygens (including phenoxy) is 2. The minimum absolute atomic E-state index is 0.303. The Balaban J connectivity index is 2.07. The van der Waals surface area contributed by atoms with E-state index in [1.807, 2.05) is 12.1 Å². The summed E-state index contributed by atoms with van der Waals surface area (Å²) in [7, 11) is 0. The Hall–Kier alpha value is 0.100. The van der Waals surface area contributed by atoms with Crippen LogP contribution in [0.4, 0.5) is 0 Å². The lowest BCUT2D eigenvalue weighted by atomic mass is 9.97. The minimum atomic E-state index is -0.303. The Morgan fingerprint density at radius 3 is 2.83 bits per heavy atom. The van der Waals surface area contributed by atoms with Crippen LogP contribution in [0.5, 0.6) is 0 Å². The molecule has 0 aromatic heterocycles. The van der Waals surface area contributed by atoms with Crippen LogP contribution in [0.15, 0.2) is 28.7 Å². The lowest BCUT2D eigenvalue weighted by Gasteiger charge is -2.30. The van der Waals surface area contributed by atoms with Crippen LogP contribution in [0.25, 0.3) is 0 Å². The van der Waals surface area contributed by atoms with E-state index < -0.39 is 0 Å². The zero-order valence-electron chi connectivity index (χ0n) is 10.5. The van der Waals surface area contributed by atoms with Crippen LogP contribution < -0.4 is 0 Å². The highest BCUT2D eigenvalue weighted by atomic mass is 79.9. The molecule has 1 aromatic rings. The van der Waals surface area contributed by atoms with E-state index in [0.717, 1.165) is 36.0 Å². The maximum atomic E-state index is 6.17. The molecule has 1 heterocycles. The molecule has 2 nitrogen and oxygen atoms in total. The smallest absolute Gasteiger partial charge is 0.101 e. The second-order valence-corrected chi connectivity index (χ2v) is 6.30. The van der Waals surface area contributed by atoms with E-state index in [-0.39, 0.29) is 5.60 Å². The van der Waals surface area contributed by atoms with Gasteiger partial charge in [-0.05, 0) is 25.0 Å². The van der Waals surface area contributed by atoms with E-state index in [1.54, 1.807) is 0 Å². The van der Waals surface area contributed by atoms with Gasteiger partial charge in [0.15, 0.2) is 0 Å². The molecule has 18 heavy (non-hydrogen) atoms. The first-order chi connectivity index (χ1) is 8.65. The van der Waals surface area contributed by atoms with Crippen molar-refractivity contribution >= 4 is 31.9 Å². The van der Waals surface area contributed by atoms with Crippen molar-refractivity contribution in [2.45, 2.75) is 18.9 Å². The van der Waals surface area contributed by atoms with Crippen LogP contribution in [-0.4, -0.2) is 25.2 Å². The van der Waals surface area contributed by atoms with E-state index in [9.17, 15) is 0 Å². The van der Waals surface area contributed by atoms with Gasteiger partial charge in [-0.15, -0.1) is 0 Å². The molecule has 1 aliphatic rings. The largest absolute Gasteiger partial charge is 0.381 e. The Morgan fingerprint density at radius 1 is 1.44 bits per heavy atom. The first-order valence-electron chi connectivity index (χ1n) is 6.18. The molecule has 2 rings (SSSR count). The lowest BCUT2D eigenvalue weighted by Crippen LogP contribution is -2.31. The molecule has 1 aliphatic heterocycles. The topological polar surface area (TPSA) is 18.5 Å². The van der Waals surface area contributed by atoms with E-state index in [4.69, 9.17) is 9.47 Å². The molecule has 0 aliphatic carbocycles. The number of halogens is 2. The van der Waals surface area contributed by atoms with Crippen molar-refractivity contribution in [3.63, 3.8) is 0 Å². The van der Waals surface area contributed by atoms with E-state index >= 15 is 0 Å². The second kappa shape index (κ2) is 6.51. The third kappa shape index (κ3) is 3.35. The highest BCUT2D eigenvalue weighted by Crippen LogP contribution is 2.34. The molecule has 2 unspecified atom stereocenters. The maximum absolute atomic E-state index is 6.17. The molecular formula is C14H18Br2O2. The molecule has 0 spiro atoms. The van der Waals surface area contributed by atoms with Crippen LogP contribution >= 0.6 is 31.9 Å². The van der Waals surface area contributed by atoms with Gasteiger partial charge in [-0.1, -0.05) is 50.1 Å². The third-order valence-electron chi connectivity index (χ3n) is 3.36. The predicted molar refractivity (Wildman–Crippen MR) is 80.2 cm³/mol. The summed E-state index contributed by atoms with van der Waals surface area (Å²) in [6.45, 7) is 4.57. The molecule has 2 atom stereocenters. The van der Waals surface area contributed by atoms with Crippen LogP contribution in [0.2, 0.25) is 0 Å². The fourth-order valence-electron chi connectivity index (χ4n) is 2.09. The van der Waals surface area contributed by atoms with E-state index in [1.165, 1.54) is 5.56 Å². The standard InChI is InChI=1S/C14H18Br2O2/c1-14(10-15,12-4-2-3-5-13(12)16)18-9-11-6-7-17-8-11/h2-5,11H,6-10H2,1H3. The fourth-order valence-corrected chi connectivity index (χ4v) is 3.26. The number of benzene rings is 1. The van der Waals surface area contributed by atoms with Gasteiger partial charge >= 0.3 is 0 Å². The van der Waals surface area contributed by atoms with Gasteiger partial charge in [0, 0.05) is 22.3 Å². The number of rotatable bonds is 5. The molecular weight excluding hydrogens is 360 g/mol. The van der Waals surface area contributed by atoms with Gasteiger partial charge in [-0.2, -0.15) is 0 Å². The summed E-state index contributed by atoms with van der Waals surface area (Å²) < 4.78 is 12.6. The van der Waals surface area contributed by atoms with E-state index in [0.29, 0.717) is 5.92 Å². The van der Waals surface area contributed by atoms with Crippen LogP contribution in [0.1, 0.15) is 18.9 Å². The van der Waals surface area contributed by atoms with Crippen molar-refractivity contribution in [2.24, 2.45) is 5.92 Å². The van der Waals surface area contributed by atoms with Crippen molar-refractivity contribution < 1.29 is 9.47 Å². The average Bonchev–Trinajstić information content (AvgIpc) is 2.90. The van der Waals surface area contributed by atoms with Crippen molar-refractivity contribution in [2.75, 3.05) is 25.2 Å². The number of hydrogen-bond donors (Lipinski definition) is 0. The van der Waals surface area contributed by atoms with Gasteiger partial charge in [0.1, 0.15) is 5.60 Å². The lowest BCUT2D eigenvalue weighted by molar-refractivity contribution is -0.0364. The van der Waals surface area contributed by atoms with Crippen molar-refractivity contribution in [3.05, 3.63) is 34.3 Å². The highest BCUT2D eigenvalue weighted by Gasteiger charge is 2.30. The summed E-state index contributed by atoms with van der Waals surface area (Å²) in [5, 5.41) is 0.774. The molecule has 1 aromatic carbocycles.